The van der Waals surface area contributed by atoms with Crippen LogP contribution in [0.5, 0.6) is 0 Å². The third kappa shape index (κ3) is 2.29. The third-order valence-corrected chi connectivity index (χ3v) is 2.75. The van der Waals surface area contributed by atoms with Crippen molar-refractivity contribution in [1.29, 1.82) is 0 Å². The average molecular weight is 248 g/mol. The minimum Gasteiger partial charge on any atom is -0.294 e. The Morgan fingerprint density at radius 3 is 2.53 bits per heavy atom. The summed E-state index contributed by atoms with van der Waals surface area (Å²) >= 11 is 6.02. The Balaban J connectivity index is 2.67. The topological polar surface area (TPSA) is 39.1 Å². The van der Waals surface area contributed by atoms with E-state index in [4.69, 9.17) is 11.6 Å². The van der Waals surface area contributed by atoms with Gasteiger partial charge in [0.2, 0.25) is 0 Å². The van der Waals surface area contributed by atoms with Gasteiger partial charge < -0.3 is 0 Å². The van der Waals surface area contributed by atoms with Crippen molar-refractivity contribution in [3.63, 3.8) is 0 Å². The predicted molar refractivity (Wildman–Crippen MR) is 67.1 cm³/mol. The first-order valence-electron chi connectivity index (χ1n) is 5.08. The zero-order chi connectivity index (χ0) is 12.4. The van der Waals surface area contributed by atoms with Gasteiger partial charge in [-0.2, -0.15) is 0 Å². The lowest BCUT2D eigenvalue weighted by atomic mass is 10.2. The smallest absolute Gasteiger partial charge is 0.255 e. The number of aromatic nitrogens is 1. The van der Waals surface area contributed by atoms with E-state index in [-0.39, 0.29) is 11.3 Å². The number of Topliss-reactive ketones (excluding diaryl/α,β-unsaturated/α-hetero) is 1. The fourth-order valence-corrected chi connectivity index (χ4v) is 1.76. The van der Waals surface area contributed by atoms with E-state index >= 15 is 0 Å². The Labute approximate surface area is 103 Å². The second-order valence-electron chi connectivity index (χ2n) is 3.63. The summed E-state index contributed by atoms with van der Waals surface area (Å²) < 4.78 is 1.37. The van der Waals surface area contributed by atoms with Crippen LogP contribution in [0.3, 0.4) is 0 Å². The van der Waals surface area contributed by atoms with Gasteiger partial charge in [0.05, 0.1) is 10.7 Å². The van der Waals surface area contributed by atoms with Crippen LogP contribution in [0.1, 0.15) is 17.3 Å². The molecule has 0 bridgehead atoms. The van der Waals surface area contributed by atoms with Crippen LogP contribution in [0.4, 0.5) is 0 Å². The number of carbonyl (C=O) groups excluding carboxylic acids is 1. The number of carbonyl (C=O) groups is 1. The molecule has 4 heteroatoms. The van der Waals surface area contributed by atoms with Gasteiger partial charge in [0, 0.05) is 17.8 Å². The molecule has 86 valence electrons. The fraction of sp³-hybridized carbons (Fsp3) is 0.0769. The maximum Gasteiger partial charge on any atom is 0.255 e. The number of pyridine rings is 1. The van der Waals surface area contributed by atoms with Gasteiger partial charge in [0.1, 0.15) is 0 Å². The molecule has 0 saturated heterocycles. The van der Waals surface area contributed by atoms with Crippen molar-refractivity contribution in [3.05, 3.63) is 63.5 Å². The summed E-state index contributed by atoms with van der Waals surface area (Å²) in [7, 11) is 0. The van der Waals surface area contributed by atoms with Gasteiger partial charge in [-0.3, -0.25) is 14.2 Å². The van der Waals surface area contributed by atoms with Gasteiger partial charge in [-0.15, -0.1) is 0 Å². The monoisotopic (exact) mass is 247 g/mol. The lowest BCUT2D eigenvalue weighted by molar-refractivity contribution is 0.101. The van der Waals surface area contributed by atoms with E-state index in [1.165, 1.54) is 29.8 Å². The van der Waals surface area contributed by atoms with Crippen molar-refractivity contribution in [1.82, 2.24) is 4.57 Å². The van der Waals surface area contributed by atoms with Crippen LogP contribution in [-0.4, -0.2) is 10.4 Å². The molecule has 17 heavy (non-hydrogen) atoms. The van der Waals surface area contributed by atoms with Gasteiger partial charge in [-0.1, -0.05) is 23.7 Å². The van der Waals surface area contributed by atoms with Crippen LogP contribution < -0.4 is 5.56 Å². The van der Waals surface area contributed by atoms with E-state index in [9.17, 15) is 9.59 Å². The molecule has 0 fully saturated rings. The molecule has 0 aliphatic rings. The molecule has 0 atom stereocenters. The molecule has 2 rings (SSSR count). The lowest BCUT2D eigenvalue weighted by Gasteiger charge is -2.08. The highest BCUT2D eigenvalue weighted by atomic mass is 35.5. The number of rotatable bonds is 2. The van der Waals surface area contributed by atoms with E-state index in [0.29, 0.717) is 16.3 Å². The predicted octanol–water partition coefficient (Wildman–Crippen LogP) is 2.69. The van der Waals surface area contributed by atoms with Gasteiger partial charge in [-0.05, 0) is 25.1 Å². The Kier molecular flexibility index (Phi) is 3.11. The van der Waals surface area contributed by atoms with Crippen LogP contribution in [0.25, 0.3) is 5.69 Å². The molecular weight excluding hydrogens is 238 g/mol. The molecule has 2 aromatic rings. The summed E-state index contributed by atoms with van der Waals surface area (Å²) in [6, 6.07) is 9.87. The van der Waals surface area contributed by atoms with E-state index in [1.807, 2.05) is 0 Å². The van der Waals surface area contributed by atoms with Crippen molar-refractivity contribution >= 4 is 17.4 Å². The highest BCUT2D eigenvalue weighted by molar-refractivity contribution is 6.32. The molecule has 0 unspecified atom stereocenters. The molecule has 0 spiro atoms. The minimum atomic E-state index is -0.219. The molecule has 0 saturated carbocycles. The van der Waals surface area contributed by atoms with Crippen LogP contribution in [0.2, 0.25) is 5.02 Å². The van der Waals surface area contributed by atoms with E-state index in [1.54, 1.807) is 24.3 Å². The first-order valence-corrected chi connectivity index (χ1v) is 5.46. The second-order valence-corrected chi connectivity index (χ2v) is 4.04. The Bertz CT molecular complexity index is 631. The summed E-state index contributed by atoms with van der Waals surface area (Å²) in [6.07, 6.45) is 1.51. The van der Waals surface area contributed by atoms with Crippen molar-refractivity contribution in [2.75, 3.05) is 0 Å². The van der Waals surface area contributed by atoms with E-state index in [2.05, 4.69) is 0 Å². The molecule has 0 N–H and O–H groups in total. The van der Waals surface area contributed by atoms with Crippen LogP contribution >= 0.6 is 11.6 Å². The average Bonchev–Trinajstić information content (AvgIpc) is 2.30. The maximum absolute atomic E-state index is 11.7. The Hall–Kier alpha value is -1.87. The van der Waals surface area contributed by atoms with Crippen molar-refractivity contribution in [2.24, 2.45) is 0 Å². The normalized spacial score (nSPS) is 10.2. The van der Waals surface area contributed by atoms with Crippen LogP contribution in [0.15, 0.2) is 47.4 Å². The molecule has 1 aromatic heterocycles. The number of halogens is 1. The zero-order valence-electron chi connectivity index (χ0n) is 9.18. The summed E-state index contributed by atoms with van der Waals surface area (Å²) in [5, 5.41) is 0.468. The van der Waals surface area contributed by atoms with Crippen LogP contribution in [0, 0.1) is 0 Å². The van der Waals surface area contributed by atoms with Crippen LogP contribution in [-0.2, 0) is 0 Å². The summed E-state index contributed by atoms with van der Waals surface area (Å²) in [5.74, 6) is -0.0918. The SMILES string of the molecule is CC(=O)c1ccc(=O)n(-c2ccccc2Cl)c1. The van der Waals surface area contributed by atoms with Gasteiger partial charge in [-0.25, -0.2) is 0 Å². The molecule has 0 amide bonds. The second kappa shape index (κ2) is 4.55. The number of benzene rings is 1. The number of ketones is 1. The van der Waals surface area contributed by atoms with E-state index in [0.717, 1.165) is 0 Å². The Morgan fingerprint density at radius 2 is 1.88 bits per heavy atom. The lowest BCUT2D eigenvalue weighted by Crippen LogP contribution is -2.18. The van der Waals surface area contributed by atoms with Gasteiger partial charge in [0.15, 0.2) is 5.78 Å². The molecule has 0 radical (unpaired) electrons. The first kappa shape index (κ1) is 11.6. The number of nitrogens with zero attached hydrogens (tertiary/aromatic N) is 1. The molecule has 0 aliphatic heterocycles. The highest BCUT2D eigenvalue weighted by Gasteiger charge is 2.06. The maximum atomic E-state index is 11.7. The standard InChI is InChI=1S/C13H10ClNO2/c1-9(16)10-6-7-13(17)15(8-10)12-5-3-2-4-11(12)14/h2-8H,1H3. The van der Waals surface area contributed by atoms with E-state index < -0.39 is 0 Å². The largest absolute Gasteiger partial charge is 0.294 e. The minimum absolute atomic E-state index is 0.0918. The summed E-state index contributed by atoms with van der Waals surface area (Å²) in [4.78, 5) is 23.0. The molecule has 1 aromatic carbocycles. The van der Waals surface area contributed by atoms with Crippen molar-refractivity contribution in [2.45, 2.75) is 6.92 Å². The molecule has 3 nitrogen and oxygen atoms in total. The summed E-state index contributed by atoms with van der Waals surface area (Å²) in [6.45, 7) is 1.46. The molecule has 1 heterocycles. The molecular formula is C13H10ClNO2. The third-order valence-electron chi connectivity index (χ3n) is 2.43. The van der Waals surface area contributed by atoms with Gasteiger partial charge in [0.25, 0.3) is 5.56 Å². The number of para-hydroxylation sites is 1. The summed E-state index contributed by atoms with van der Waals surface area (Å²) in [5.41, 5.74) is 0.829. The van der Waals surface area contributed by atoms with Crippen molar-refractivity contribution < 1.29 is 4.79 Å². The first-order chi connectivity index (χ1) is 8.09. The number of hydrogen-bond acceptors (Lipinski definition) is 2. The quantitative estimate of drug-likeness (QED) is 0.766. The Morgan fingerprint density at radius 1 is 1.18 bits per heavy atom. The van der Waals surface area contributed by atoms with Crippen molar-refractivity contribution in [3.8, 4) is 5.69 Å². The van der Waals surface area contributed by atoms with Gasteiger partial charge >= 0.3 is 0 Å². The zero-order valence-corrected chi connectivity index (χ0v) is 9.94. The highest BCUT2D eigenvalue weighted by Crippen LogP contribution is 2.18. The number of hydrogen-bond donors (Lipinski definition) is 0. The molecule has 0 aliphatic carbocycles. The fourth-order valence-electron chi connectivity index (χ4n) is 1.53.